The molecule has 2 aromatic rings. The first-order valence-electron chi connectivity index (χ1n) is 6.77. The van der Waals surface area contributed by atoms with E-state index in [4.69, 9.17) is 13.8 Å². The first kappa shape index (κ1) is 12.5. The van der Waals surface area contributed by atoms with Crippen LogP contribution in [0.5, 0.6) is 5.75 Å². The summed E-state index contributed by atoms with van der Waals surface area (Å²) < 4.78 is 18.2. The Morgan fingerprint density at radius 2 is 1.40 bits per heavy atom. The molecule has 0 aliphatic carbocycles. The van der Waals surface area contributed by atoms with Crippen molar-refractivity contribution in [3.05, 3.63) is 48.5 Å². The summed E-state index contributed by atoms with van der Waals surface area (Å²) in [6.07, 6.45) is 0. The summed E-state index contributed by atoms with van der Waals surface area (Å²) in [6, 6.07) is 16.4. The molecule has 0 saturated carbocycles. The van der Waals surface area contributed by atoms with Gasteiger partial charge >= 0.3 is 119 Å². The normalized spacial score (nSPS) is 21.6. The van der Waals surface area contributed by atoms with E-state index in [2.05, 4.69) is 37.8 Å². The summed E-state index contributed by atoms with van der Waals surface area (Å²) in [5.74, 6) is 0.917. The fraction of sp³-hybridized carbons (Fsp3) is 0.200. The van der Waals surface area contributed by atoms with E-state index in [0.29, 0.717) is 0 Å². The van der Waals surface area contributed by atoms with Crippen molar-refractivity contribution in [3.63, 3.8) is 0 Å². The molecular formula is C15H17O3PSi. The van der Waals surface area contributed by atoms with E-state index in [1.54, 1.807) is 0 Å². The molecular weight excluding hydrogens is 287 g/mol. The number of para-hydroxylation sites is 1. The average Bonchev–Trinajstić information content (AvgIpc) is 3.02. The summed E-state index contributed by atoms with van der Waals surface area (Å²) in [5.41, 5.74) is 0. The van der Waals surface area contributed by atoms with Gasteiger partial charge < -0.3 is 0 Å². The zero-order valence-corrected chi connectivity index (χ0v) is 13.7. The van der Waals surface area contributed by atoms with Crippen LogP contribution in [0.4, 0.5) is 0 Å². The summed E-state index contributed by atoms with van der Waals surface area (Å²) in [5, 5.41) is 3.52. The summed E-state index contributed by atoms with van der Waals surface area (Å²) in [7, 11) is -4.78. The minimum atomic E-state index is -2.99. The maximum atomic E-state index is 6.24. The molecule has 3 nitrogen and oxygen atoms in total. The molecule has 4 rings (SSSR count). The van der Waals surface area contributed by atoms with Gasteiger partial charge in [0.15, 0.2) is 0 Å². The van der Waals surface area contributed by atoms with Crippen molar-refractivity contribution < 1.29 is 13.8 Å². The van der Waals surface area contributed by atoms with Gasteiger partial charge in [-0.15, -0.1) is 0 Å². The van der Waals surface area contributed by atoms with Gasteiger partial charge in [0.05, 0.1) is 0 Å². The molecule has 5 heteroatoms. The van der Waals surface area contributed by atoms with Crippen LogP contribution < -0.4 is 20.4 Å². The average molecular weight is 304 g/mol. The predicted octanol–water partition coefficient (Wildman–Crippen LogP) is 2.84. The van der Waals surface area contributed by atoms with Gasteiger partial charge in [-0.1, -0.05) is 0 Å². The first-order chi connectivity index (χ1) is 9.47. The van der Waals surface area contributed by atoms with Crippen molar-refractivity contribution >= 4 is 31.3 Å². The van der Waals surface area contributed by atoms with Crippen molar-refractivity contribution in [1.29, 1.82) is 0 Å². The quantitative estimate of drug-likeness (QED) is 0.378. The van der Waals surface area contributed by atoms with Crippen LogP contribution in [0.1, 0.15) is 0 Å². The van der Waals surface area contributed by atoms with E-state index in [9.17, 15) is 0 Å². The third-order valence-electron chi connectivity index (χ3n) is 3.71. The van der Waals surface area contributed by atoms with Crippen molar-refractivity contribution in [2.24, 2.45) is 0 Å². The van der Waals surface area contributed by atoms with Crippen LogP contribution in [0.15, 0.2) is 48.5 Å². The van der Waals surface area contributed by atoms with E-state index >= 15 is 0 Å². The van der Waals surface area contributed by atoms with Crippen molar-refractivity contribution in [1.82, 2.24) is 0 Å². The van der Waals surface area contributed by atoms with E-state index in [-0.39, 0.29) is 0 Å². The van der Waals surface area contributed by atoms with Crippen LogP contribution in [0.3, 0.4) is 0 Å². The molecule has 0 fully saturated rings. The van der Waals surface area contributed by atoms with Gasteiger partial charge in [0.1, 0.15) is 0 Å². The monoisotopic (exact) mass is 304 g/mol. The van der Waals surface area contributed by atoms with Gasteiger partial charge in [-0.05, 0) is 0 Å². The topological polar surface area (TPSA) is 27.7 Å². The Labute approximate surface area is 119 Å². The number of hydrogen-bond acceptors (Lipinski definition) is 3. The Morgan fingerprint density at radius 3 is 1.95 bits per heavy atom. The number of rotatable bonds is 3. The standard InChI is InChI=1S/C15H17O3PSi/c1-20(2,3)18-17-19(14-10-6-7-11-15(14)19)13-9-5-4-8-12(13)16-19/h4-11H,1-3H3. The zero-order valence-electron chi connectivity index (χ0n) is 11.8. The molecule has 20 heavy (non-hydrogen) atoms. The second-order valence-electron chi connectivity index (χ2n) is 6.28. The van der Waals surface area contributed by atoms with Crippen molar-refractivity contribution in [2.75, 3.05) is 0 Å². The molecule has 2 aliphatic heterocycles. The first-order valence-corrected chi connectivity index (χ1v) is 12.2. The van der Waals surface area contributed by atoms with Gasteiger partial charge in [0.25, 0.3) is 0 Å². The van der Waals surface area contributed by atoms with Crippen LogP contribution in [-0.2, 0) is 9.25 Å². The van der Waals surface area contributed by atoms with Gasteiger partial charge in [-0.25, -0.2) is 0 Å². The van der Waals surface area contributed by atoms with Gasteiger partial charge in [0, 0.05) is 0 Å². The second kappa shape index (κ2) is 3.52. The predicted molar refractivity (Wildman–Crippen MR) is 84.9 cm³/mol. The van der Waals surface area contributed by atoms with Crippen LogP contribution >= 0.6 is 7.06 Å². The Hall–Kier alpha value is -1.19. The summed E-state index contributed by atoms with van der Waals surface area (Å²) >= 11 is 0. The minimum absolute atomic E-state index is 0.917. The van der Waals surface area contributed by atoms with Crippen LogP contribution in [0.25, 0.3) is 0 Å². The Bertz CT molecular complexity index is 700. The number of fused-ring (bicyclic) bond motifs is 5. The van der Waals surface area contributed by atoms with Gasteiger partial charge in [0.2, 0.25) is 0 Å². The SMILES string of the molecule is C[Si](C)(C)OOP12(Oc3ccccc31)c1ccccc12. The molecule has 0 N–H and O–H groups in total. The van der Waals surface area contributed by atoms with E-state index in [1.807, 2.05) is 30.3 Å². The maximum absolute atomic E-state index is 6.24. The number of hydrogen-bond donors (Lipinski definition) is 0. The molecule has 1 spiro atoms. The molecule has 0 aromatic heterocycles. The van der Waals surface area contributed by atoms with Crippen LogP contribution in [-0.4, -0.2) is 8.32 Å². The Kier molecular flexibility index (Phi) is 2.21. The summed E-state index contributed by atoms with van der Waals surface area (Å²) in [6.45, 7) is 6.34. The Balaban J connectivity index is 1.84. The third-order valence-corrected chi connectivity index (χ3v) is 8.89. The van der Waals surface area contributed by atoms with Gasteiger partial charge in [-0.2, -0.15) is 0 Å². The molecule has 0 atom stereocenters. The molecule has 0 bridgehead atoms. The molecule has 0 unspecified atom stereocenters. The molecule has 0 amide bonds. The zero-order chi connectivity index (χ0) is 14.0. The van der Waals surface area contributed by atoms with E-state index in [1.165, 1.54) is 10.6 Å². The third kappa shape index (κ3) is 1.30. The van der Waals surface area contributed by atoms with Crippen molar-refractivity contribution in [2.45, 2.75) is 19.6 Å². The van der Waals surface area contributed by atoms with Crippen LogP contribution in [0, 0.1) is 0 Å². The molecule has 2 heterocycles. The molecule has 0 saturated heterocycles. The Morgan fingerprint density at radius 1 is 0.850 bits per heavy atom. The van der Waals surface area contributed by atoms with Crippen LogP contribution in [0.2, 0.25) is 19.6 Å². The summed E-state index contributed by atoms with van der Waals surface area (Å²) in [4.78, 5) is 0. The van der Waals surface area contributed by atoms with E-state index in [0.717, 1.165) is 11.1 Å². The van der Waals surface area contributed by atoms with Crippen molar-refractivity contribution in [3.8, 4) is 5.75 Å². The molecule has 2 aliphatic rings. The molecule has 104 valence electrons. The number of benzene rings is 2. The van der Waals surface area contributed by atoms with E-state index < -0.39 is 15.4 Å². The second-order valence-corrected chi connectivity index (χ2v) is 14.4. The molecule has 2 aromatic carbocycles. The fourth-order valence-corrected chi connectivity index (χ4v) is 8.58. The fourth-order valence-electron chi connectivity index (χ4n) is 2.82. The van der Waals surface area contributed by atoms with Gasteiger partial charge in [-0.3, -0.25) is 0 Å². The molecule has 0 radical (unpaired) electrons.